The highest BCUT2D eigenvalue weighted by Crippen LogP contribution is 1.97. The van der Waals surface area contributed by atoms with Gasteiger partial charge in [0.15, 0.2) is 0 Å². The molecule has 0 radical (unpaired) electrons. The van der Waals surface area contributed by atoms with E-state index in [-0.39, 0.29) is 12.0 Å². The Balaban J connectivity index is 3.21. The van der Waals surface area contributed by atoms with Crippen molar-refractivity contribution in [3.63, 3.8) is 0 Å². The van der Waals surface area contributed by atoms with E-state index in [1.807, 2.05) is 0 Å². The van der Waals surface area contributed by atoms with Gasteiger partial charge in [-0.1, -0.05) is 11.9 Å². The smallest absolute Gasteiger partial charge is 0.220 e. The molecule has 4 nitrogen and oxygen atoms in total. The Hall–Kier alpha value is -0.700. The lowest BCUT2D eigenvalue weighted by Crippen LogP contribution is -2.25. The lowest BCUT2D eigenvalue weighted by Gasteiger charge is -2.06. The van der Waals surface area contributed by atoms with Crippen LogP contribution in [0.2, 0.25) is 0 Å². The molecule has 0 bridgehead atoms. The highest BCUT2D eigenvalue weighted by molar-refractivity contribution is 7.97. The number of rotatable bonds is 10. The van der Waals surface area contributed by atoms with Crippen LogP contribution in [0.4, 0.5) is 0 Å². The number of hydrogen-bond acceptors (Lipinski definition) is 4. The van der Waals surface area contributed by atoms with Crippen LogP contribution in [-0.4, -0.2) is 36.0 Å². The van der Waals surface area contributed by atoms with Crippen LogP contribution in [0.25, 0.3) is 0 Å². The van der Waals surface area contributed by atoms with Crippen LogP contribution in [0.1, 0.15) is 32.6 Å². The normalized spacial score (nSPS) is 11.8. The second-order valence-electron chi connectivity index (χ2n) is 3.81. The molecule has 0 aromatic heterocycles. The molecule has 0 saturated heterocycles. The molecule has 17 heavy (non-hydrogen) atoms. The first-order chi connectivity index (χ1) is 8.16. The molecular weight excluding hydrogens is 236 g/mol. The summed E-state index contributed by atoms with van der Waals surface area (Å²) in [6, 6.07) is 0. The largest absolute Gasteiger partial charge is 0.392 e. The summed E-state index contributed by atoms with van der Waals surface area (Å²) in [4.78, 5) is 11.3. The van der Waals surface area contributed by atoms with Gasteiger partial charge in [-0.05, 0) is 19.8 Å². The van der Waals surface area contributed by atoms with Crippen molar-refractivity contribution in [1.82, 2.24) is 10.0 Å². The van der Waals surface area contributed by atoms with E-state index in [1.165, 1.54) is 11.9 Å². The second kappa shape index (κ2) is 11.8. The molecule has 0 spiro atoms. The van der Waals surface area contributed by atoms with Crippen LogP contribution < -0.4 is 10.0 Å². The monoisotopic (exact) mass is 258 g/mol. The van der Waals surface area contributed by atoms with Gasteiger partial charge in [0, 0.05) is 31.7 Å². The summed E-state index contributed by atoms with van der Waals surface area (Å²) in [5, 5.41) is 11.8. The van der Waals surface area contributed by atoms with Crippen molar-refractivity contribution in [2.75, 3.05) is 18.8 Å². The summed E-state index contributed by atoms with van der Waals surface area (Å²) in [6.45, 7) is 2.96. The molecule has 1 unspecified atom stereocenters. The van der Waals surface area contributed by atoms with Gasteiger partial charge in [-0.25, -0.2) is 0 Å². The number of carbonyl (C=O) groups is 1. The molecule has 0 aliphatic heterocycles. The van der Waals surface area contributed by atoms with Crippen molar-refractivity contribution < 1.29 is 9.90 Å². The summed E-state index contributed by atoms with van der Waals surface area (Å²) in [7, 11) is 0. The zero-order chi connectivity index (χ0) is 12.9. The van der Waals surface area contributed by atoms with E-state index in [0.29, 0.717) is 25.3 Å². The maximum Gasteiger partial charge on any atom is 0.220 e. The van der Waals surface area contributed by atoms with Gasteiger partial charge in [0.25, 0.3) is 0 Å². The summed E-state index contributed by atoms with van der Waals surface area (Å²) in [6.07, 6.45) is 7.93. The molecule has 0 aliphatic carbocycles. The van der Waals surface area contributed by atoms with Crippen LogP contribution in [0, 0.1) is 12.3 Å². The standard InChI is InChI=1S/C12H22N2O2S/c1-3-4-5-6-8-13-12(16)7-9-17-14-10-11(2)15/h1,11,14-15H,4-10H2,2H3,(H,13,16). The number of unbranched alkanes of at least 4 members (excludes halogenated alkanes) is 2. The van der Waals surface area contributed by atoms with E-state index in [0.717, 1.165) is 19.3 Å². The first-order valence-electron chi connectivity index (χ1n) is 5.89. The van der Waals surface area contributed by atoms with Gasteiger partial charge < -0.3 is 10.4 Å². The molecule has 0 aromatic rings. The molecular formula is C12H22N2O2S. The van der Waals surface area contributed by atoms with E-state index in [9.17, 15) is 4.79 Å². The fraction of sp³-hybridized carbons (Fsp3) is 0.750. The van der Waals surface area contributed by atoms with Crippen LogP contribution in [0.15, 0.2) is 0 Å². The molecule has 5 heteroatoms. The van der Waals surface area contributed by atoms with Gasteiger partial charge in [-0.3, -0.25) is 9.52 Å². The number of carbonyl (C=O) groups excluding carboxylic acids is 1. The van der Waals surface area contributed by atoms with E-state index in [1.54, 1.807) is 6.92 Å². The first-order valence-corrected chi connectivity index (χ1v) is 6.88. The molecule has 0 aromatic carbocycles. The van der Waals surface area contributed by atoms with Crippen molar-refractivity contribution in [3.8, 4) is 12.3 Å². The Bertz CT molecular complexity index is 239. The summed E-state index contributed by atoms with van der Waals surface area (Å²) < 4.78 is 2.99. The number of amides is 1. The molecule has 0 fully saturated rings. The summed E-state index contributed by atoms with van der Waals surface area (Å²) >= 11 is 1.46. The number of nitrogens with one attached hydrogen (secondary N) is 2. The average molecular weight is 258 g/mol. The minimum Gasteiger partial charge on any atom is -0.392 e. The Morgan fingerprint density at radius 3 is 2.94 bits per heavy atom. The maximum absolute atomic E-state index is 11.3. The van der Waals surface area contributed by atoms with Gasteiger partial charge >= 0.3 is 0 Å². The van der Waals surface area contributed by atoms with Crippen molar-refractivity contribution >= 4 is 17.9 Å². The topological polar surface area (TPSA) is 61.4 Å². The lowest BCUT2D eigenvalue weighted by molar-refractivity contribution is -0.120. The van der Waals surface area contributed by atoms with Crippen LogP contribution in [-0.2, 0) is 4.79 Å². The van der Waals surface area contributed by atoms with E-state index < -0.39 is 0 Å². The van der Waals surface area contributed by atoms with Crippen LogP contribution in [0.5, 0.6) is 0 Å². The molecule has 0 aliphatic rings. The molecule has 98 valence electrons. The molecule has 0 saturated carbocycles. The minimum absolute atomic E-state index is 0.0667. The quantitative estimate of drug-likeness (QED) is 0.310. The third kappa shape index (κ3) is 13.2. The third-order valence-electron chi connectivity index (χ3n) is 1.98. The Labute approximate surface area is 108 Å². The zero-order valence-corrected chi connectivity index (χ0v) is 11.2. The van der Waals surface area contributed by atoms with Gasteiger partial charge in [-0.2, -0.15) is 0 Å². The van der Waals surface area contributed by atoms with E-state index in [4.69, 9.17) is 11.5 Å². The van der Waals surface area contributed by atoms with Crippen molar-refractivity contribution in [1.29, 1.82) is 0 Å². The highest BCUT2D eigenvalue weighted by Gasteiger charge is 2.00. The Morgan fingerprint density at radius 1 is 1.53 bits per heavy atom. The third-order valence-corrected chi connectivity index (χ3v) is 2.76. The predicted octanol–water partition coefficient (Wildman–Crippen LogP) is 0.915. The van der Waals surface area contributed by atoms with Gasteiger partial charge in [0.05, 0.1) is 6.10 Å². The highest BCUT2D eigenvalue weighted by atomic mass is 32.2. The van der Waals surface area contributed by atoms with Gasteiger partial charge in [0.1, 0.15) is 0 Å². The van der Waals surface area contributed by atoms with Gasteiger partial charge in [-0.15, -0.1) is 12.3 Å². The average Bonchev–Trinajstić information content (AvgIpc) is 2.28. The lowest BCUT2D eigenvalue weighted by atomic mass is 10.2. The van der Waals surface area contributed by atoms with E-state index >= 15 is 0 Å². The van der Waals surface area contributed by atoms with Crippen LogP contribution >= 0.6 is 11.9 Å². The van der Waals surface area contributed by atoms with Crippen LogP contribution in [0.3, 0.4) is 0 Å². The predicted molar refractivity (Wildman–Crippen MR) is 72.5 cm³/mol. The fourth-order valence-electron chi connectivity index (χ4n) is 1.06. The second-order valence-corrected chi connectivity index (χ2v) is 4.79. The molecule has 1 amide bonds. The Morgan fingerprint density at radius 2 is 2.29 bits per heavy atom. The maximum atomic E-state index is 11.3. The van der Waals surface area contributed by atoms with E-state index in [2.05, 4.69) is 16.0 Å². The van der Waals surface area contributed by atoms with Crippen molar-refractivity contribution in [2.24, 2.45) is 0 Å². The molecule has 1 atom stereocenters. The number of aliphatic hydroxyl groups excluding tert-OH is 1. The number of terminal acetylenes is 1. The van der Waals surface area contributed by atoms with Gasteiger partial charge in [0.2, 0.25) is 5.91 Å². The van der Waals surface area contributed by atoms with Crippen molar-refractivity contribution in [2.45, 2.75) is 38.7 Å². The Kier molecular flexibility index (Phi) is 11.3. The van der Waals surface area contributed by atoms with Crippen molar-refractivity contribution in [3.05, 3.63) is 0 Å². The zero-order valence-electron chi connectivity index (χ0n) is 10.4. The fourth-order valence-corrected chi connectivity index (χ4v) is 1.85. The minimum atomic E-state index is -0.354. The molecule has 3 N–H and O–H groups in total. The number of hydrogen-bond donors (Lipinski definition) is 3. The number of aliphatic hydroxyl groups is 1. The first kappa shape index (κ1) is 16.3. The summed E-state index contributed by atoms with van der Waals surface area (Å²) in [5.74, 6) is 3.35. The SMILES string of the molecule is C#CCCCCNC(=O)CCSNCC(C)O. The summed E-state index contributed by atoms with van der Waals surface area (Å²) in [5.41, 5.74) is 0. The molecule has 0 heterocycles. The molecule has 0 rings (SSSR count).